The number of hydrogen-bond donors (Lipinski definition) is 1. The summed E-state index contributed by atoms with van der Waals surface area (Å²) in [4.78, 5) is 0.224. The third-order valence-corrected chi connectivity index (χ3v) is 3.35. The summed E-state index contributed by atoms with van der Waals surface area (Å²) in [5.41, 5.74) is 0. The molecule has 0 heterocycles. The van der Waals surface area contributed by atoms with Crippen LogP contribution in [0.25, 0.3) is 0 Å². The molecule has 1 saturated carbocycles. The van der Waals surface area contributed by atoms with Crippen LogP contribution in [0, 0.1) is 6.07 Å². The molecule has 1 aromatic carbocycles. The van der Waals surface area contributed by atoms with Gasteiger partial charge in [-0.05, 0) is 18.9 Å². The fraction of sp³-hybridized carbons (Fsp3) is 0.333. The molecule has 0 atom stereocenters. The van der Waals surface area contributed by atoms with Crippen LogP contribution in [0.4, 0.5) is 0 Å². The highest BCUT2D eigenvalue weighted by Gasteiger charge is 2.27. The van der Waals surface area contributed by atoms with Gasteiger partial charge in [-0.15, -0.1) is 0 Å². The van der Waals surface area contributed by atoms with Crippen molar-refractivity contribution >= 4 is 10.0 Å². The fourth-order valence-corrected chi connectivity index (χ4v) is 2.31. The van der Waals surface area contributed by atoms with E-state index in [-0.39, 0.29) is 10.9 Å². The molecule has 0 aromatic heterocycles. The monoisotopic (exact) mass is 196 g/mol. The largest absolute Gasteiger partial charge is 0.241 e. The van der Waals surface area contributed by atoms with Crippen molar-refractivity contribution in [2.75, 3.05) is 0 Å². The zero-order chi connectivity index (χ0) is 9.31. The van der Waals surface area contributed by atoms with Crippen molar-refractivity contribution in [1.29, 1.82) is 0 Å². The molecule has 0 saturated heterocycles. The molecule has 3 nitrogen and oxygen atoms in total. The highest BCUT2D eigenvalue weighted by Crippen LogP contribution is 2.21. The van der Waals surface area contributed by atoms with E-state index in [0.29, 0.717) is 0 Å². The Bertz CT molecular complexity index is 381. The lowest BCUT2D eigenvalue weighted by Gasteiger charge is -2.03. The van der Waals surface area contributed by atoms with E-state index in [9.17, 15) is 8.42 Å². The number of sulfonamides is 1. The molecule has 13 heavy (non-hydrogen) atoms. The molecule has 0 aliphatic heterocycles. The van der Waals surface area contributed by atoms with E-state index < -0.39 is 10.0 Å². The maximum atomic E-state index is 11.5. The molecular weight excluding hydrogens is 186 g/mol. The number of hydrogen-bond acceptors (Lipinski definition) is 2. The highest BCUT2D eigenvalue weighted by atomic mass is 32.2. The van der Waals surface area contributed by atoms with Crippen LogP contribution in [0.2, 0.25) is 0 Å². The van der Waals surface area contributed by atoms with Crippen molar-refractivity contribution in [3.05, 3.63) is 30.3 Å². The highest BCUT2D eigenvalue weighted by molar-refractivity contribution is 7.89. The summed E-state index contributed by atoms with van der Waals surface area (Å²) in [6, 6.07) is 9.43. The van der Waals surface area contributed by atoms with Crippen molar-refractivity contribution in [2.24, 2.45) is 0 Å². The Balaban J connectivity index is 2.23. The first kappa shape index (κ1) is 8.72. The van der Waals surface area contributed by atoms with E-state index in [4.69, 9.17) is 0 Å². The van der Waals surface area contributed by atoms with Crippen LogP contribution in [0.1, 0.15) is 12.8 Å². The molecule has 0 amide bonds. The second kappa shape index (κ2) is 3.12. The van der Waals surface area contributed by atoms with Crippen LogP contribution < -0.4 is 4.72 Å². The number of nitrogens with one attached hydrogen (secondary N) is 1. The van der Waals surface area contributed by atoms with E-state index in [1.165, 1.54) is 0 Å². The van der Waals surface area contributed by atoms with Gasteiger partial charge in [-0.3, -0.25) is 0 Å². The van der Waals surface area contributed by atoms with Gasteiger partial charge < -0.3 is 0 Å². The van der Waals surface area contributed by atoms with Gasteiger partial charge in [0.1, 0.15) is 0 Å². The minimum atomic E-state index is -3.30. The molecule has 69 valence electrons. The summed E-state index contributed by atoms with van der Waals surface area (Å²) in [5, 5.41) is 0. The minimum Gasteiger partial charge on any atom is -0.208 e. The Hall–Kier alpha value is -0.870. The Kier molecular flexibility index (Phi) is 2.09. The van der Waals surface area contributed by atoms with Crippen LogP contribution in [-0.4, -0.2) is 14.5 Å². The molecule has 0 spiro atoms. The summed E-state index contributed by atoms with van der Waals surface area (Å²) < 4.78 is 25.7. The third kappa shape index (κ3) is 2.08. The molecule has 2 rings (SSSR count). The number of rotatable bonds is 3. The van der Waals surface area contributed by atoms with E-state index in [0.717, 1.165) is 12.8 Å². The van der Waals surface area contributed by atoms with E-state index in [2.05, 4.69) is 10.8 Å². The van der Waals surface area contributed by atoms with Gasteiger partial charge in [0.2, 0.25) is 10.0 Å². The molecule has 0 unspecified atom stereocenters. The summed E-state index contributed by atoms with van der Waals surface area (Å²) in [7, 11) is -3.30. The average molecular weight is 196 g/mol. The van der Waals surface area contributed by atoms with E-state index >= 15 is 0 Å². The summed E-state index contributed by atoms with van der Waals surface area (Å²) in [5.74, 6) is 0. The molecule has 0 bridgehead atoms. The van der Waals surface area contributed by atoms with Gasteiger partial charge in [0.05, 0.1) is 4.90 Å². The Labute approximate surface area is 77.8 Å². The van der Waals surface area contributed by atoms with E-state index in [1.807, 2.05) is 0 Å². The second-order valence-corrected chi connectivity index (χ2v) is 4.80. The first-order valence-electron chi connectivity index (χ1n) is 4.17. The lowest BCUT2D eigenvalue weighted by molar-refractivity contribution is 0.581. The summed E-state index contributed by atoms with van der Waals surface area (Å²) in [6.45, 7) is 0. The molecule has 1 N–H and O–H groups in total. The first-order chi connectivity index (χ1) is 6.18. The smallest absolute Gasteiger partial charge is 0.208 e. The lowest BCUT2D eigenvalue weighted by atomic mass is 10.4. The molecule has 1 radical (unpaired) electrons. The second-order valence-electron chi connectivity index (χ2n) is 3.12. The van der Waals surface area contributed by atoms with Crippen LogP contribution in [0.5, 0.6) is 0 Å². The summed E-state index contributed by atoms with van der Waals surface area (Å²) in [6.07, 6.45) is 1.90. The normalized spacial score (nSPS) is 17.2. The minimum absolute atomic E-state index is 0.151. The fourth-order valence-electron chi connectivity index (χ4n) is 1.03. The van der Waals surface area contributed by atoms with Crippen LogP contribution in [-0.2, 0) is 10.0 Å². The van der Waals surface area contributed by atoms with Gasteiger partial charge >= 0.3 is 0 Å². The lowest BCUT2D eigenvalue weighted by Crippen LogP contribution is -2.25. The van der Waals surface area contributed by atoms with Gasteiger partial charge in [-0.2, -0.15) is 0 Å². The van der Waals surface area contributed by atoms with E-state index in [1.54, 1.807) is 24.3 Å². The van der Waals surface area contributed by atoms with Gasteiger partial charge in [0.25, 0.3) is 0 Å². The molecule has 1 fully saturated rings. The van der Waals surface area contributed by atoms with Gasteiger partial charge in [-0.1, -0.05) is 18.2 Å². The zero-order valence-electron chi connectivity index (χ0n) is 7.03. The van der Waals surface area contributed by atoms with Crippen molar-refractivity contribution in [3.63, 3.8) is 0 Å². The van der Waals surface area contributed by atoms with Crippen molar-refractivity contribution in [3.8, 4) is 0 Å². The topological polar surface area (TPSA) is 46.2 Å². The first-order valence-corrected chi connectivity index (χ1v) is 5.66. The van der Waals surface area contributed by atoms with Crippen LogP contribution >= 0.6 is 0 Å². The maximum absolute atomic E-state index is 11.5. The average Bonchev–Trinajstić information content (AvgIpc) is 2.89. The number of benzene rings is 1. The Morgan fingerprint density at radius 1 is 1.38 bits per heavy atom. The van der Waals surface area contributed by atoms with Crippen molar-refractivity contribution in [2.45, 2.75) is 23.8 Å². The Morgan fingerprint density at radius 3 is 2.69 bits per heavy atom. The van der Waals surface area contributed by atoms with Gasteiger partial charge in [0.15, 0.2) is 0 Å². The molecule has 4 heteroatoms. The SMILES string of the molecule is O=S(=O)(NC1CC1)c1[c]cccc1. The predicted octanol–water partition coefficient (Wildman–Crippen LogP) is 0.927. The summed E-state index contributed by atoms with van der Waals surface area (Å²) >= 11 is 0. The Morgan fingerprint density at radius 2 is 2.15 bits per heavy atom. The standard InChI is InChI=1S/C9H10NO2S/c11-13(12,10-8-6-7-8)9-4-2-1-3-5-9/h1-4,8,10H,6-7H2. The van der Waals surface area contributed by atoms with Gasteiger partial charge in [0, 0.05) is 12.1 Å². The van der Waals surface area contributed by atoms with Crippen molar-refractivity contribution in [1.82, 2.24) is 4.72 Å². The van der Waals surface area contributed by atoms with Crippen molar-refractivity contribution < 1.29 is 8.42 Å². The maximum Gasteiger partial charge on any atom is 0.241 e. The van der Waals surface area contributed by atoms with Gasteiger partial charge in [-0.25, -0.2) is 13.1 Å². The van der Waals surface area contributed by atoms with Crippen LogP contribution in [0.15, 0.2) is 29.2 Å². The van der Waals surface area contributed by atoms with Crippen LogP contribution in [0.3, 0.4) is 0 Å². The molecule has 1 aromatic rings. The quantitative estimate of drug-likeness (QED) is 0.781. The molecule has 1 aliphatic carbocycles. The zero-order valence-corrected chi connectivity index (χ0v) is 7.84. The predicted molar refractivity (Wildman–Crippen MR) is 48.6 cm³/mol. The molecule has 1 aliphatic rings. The third-order valence-electron chi connectivity index (χ3n) is 1.87. The molecular formula is C9H10NO2S.